The number of amides is 1. The average molecular weight is 298 g/mol. The second-order valence-electron chi connectivity index (χ2n) is 5.89. The Morgan fingerprint density at radius 3 is 2.77 bits per heavy atom. The summed E-state index contributed by atoms with van der Waals surface area (Å²) >= 11 is 0. The molecule has 0 saturated carbocycles. The molecular formula is C16H18N4O2. The Balaban J connectivity index is 1.77. The zero-order chi connectivity index (χ0) is 15.1. The summed E-state index contributed by atoms with van der Waals surface area (Å²) in [4.78, 5) is 23.2. The molecule has 1 saturated heterocycles. The highest BCUT2D eigenvalue weighted by atomic mass is 16.5. The molecule has 2 aliphatic rings. The molecule has 0 spiro atoms. The first kappa shape index (κ1) is 13.5. The standard InChI is InChI=1S/C16H18N4O2/c17-15-12-9-22-8-11(12)10-6-13(18-7-14(10)19-15)16(21)20-4-2-1-3-5-20/h6-7H,1-5,8-9H2,(H2,17,19). The summed E-state index contributed by atoms with van der Waals surface area (Å²) in [5.41, 5.74) is 9.14. The van der Waals surface area contributed by atoms with Crippen LogP contribution in [0.1, 0.15) is 40.9 Å². The number of anilines is 1. The smallest absolute Gasteiger partial charge is 0.272 e. The first-order valence-corrected chi connectivity index (χ1v) is 7.68. The summed E-state index contributed by atoms with van der Waals surface area (Å²) < 4.78 is 5.48. The molecule has 0 aliphatic carbocycles. The van der Waals surface area contributed by atoms with E-state index in [1.54, 1.807) is 6.20 Å². The number of likely N-dealkylation sites (tertiary alicyclic amines) is 1. The molecular weight excluding hydrogens is 280 g/mol. The average Bonchev–Trinajstić information content (AvgIpc) is 3.05. The summed E-state index contributed by atoms with van der Waals surface area (Å²) in [7, 11) is 0. The number of pyridine rings is 2. The van der Waals surface area contributed by atoms with Crippen molar-refractivity contribution in [1.29, 1.82) is 0 Å². The van der Waals surface area contributed by atoms with Gasteiger partial charge in [0.15, 0.2) is 0 Å². The quantitative estimate of drug-likeness (QED) is 0.869. The lowest BCUT2D eigenvalue weighted by Gasteiger charge is -2.26. The number of nitrogens with two attached hydrogens (primary N) is 1. The Hall–Kier alpha value is -2.21. The molecule has 2 aromatic rings. The SMILES string of the molecule is Nc1nc2cnc(C(=O)N3CCCCC3)cc2c2c1COC2. The van der Waals surface area contributed by atoms with Gasteiger partial charge in [-0.05, 0) is 30.9 Å². The van der Waals surface area contributed by atoms with E-state index in [9.17, 15) is 4.79 Å². The summed E-state index contributed by atoms with van der Waals surface area (Å²) in [5, 5.41) is 0.928. The molecule has 2 aromatic heterocycles. The highest BCUT2D eigenvalue weighted by Gasteiger charge is 2.23. The van der Waals surface area contributed by atoms with E-state index in [0.717, 1.165) is 48.0 Å². The van der Waals surface area contributed by atoms with Crippen LogP contribution in [0.5, 0.6) is 0 Å². The third-order valence-corrected chi connectivity index (χ3v) is 4.48. The van der Waals surface area contributed by atoms with Gasteiger partial charge in [0.2, 0.25) is 0 Å². The van der Waals surface area contributed by atoms with E-state index in [1.165, 1.54) is 6.42 Å². The molecule has 6 nitrogen and oxygen atoms in total. The van der Waals surface area contributed by atoms with E-state index in [-0.39, 0.29) is 5.91 Å². The van der Waals surface area contributed by atoms with Crippen molar-refractivity contribution < 1.29 is 9.53 Å². The first-order valence-electron chi connectivity index (χ1n) is 7.68. The Labute approximate surface area is 128 Å². The Morgan fingerprint density at radius 2 is 1.95 bits per heavy atom. The maximum atomic E-state index is 12.6. The molecule has 0 aromatic carbocycles. The number of carbonyl (C=O) groups excluding carboxylic acids is 1. The molecule has 6 heteroatoms. The molecule has 22 heavy (non-hydrogen) atoms. The number of ether oxygens (including phenoxy) is 1. The zero-order valence-corrected chi connectivity index (χ0v) is 12.3. The van der Waals surface area contributed by atoms with Gasteiger partial charge in [0, 0.05) is 24.0 Å². The molecule has 4 heterocycles. The maximum Gasteiger partial charge on any atom is 0.272 e. The van der Waals surface area contributed by atoms with Crippen molar-refractivity contribution >= 4 is 22.6 Å². The number of hydrogen-bond donors (Lipinski definition) is 1. The van der Waals surface area contributed by atoms with Crippen molar-refractivity contribution in [3.8, 4) is 0 Å². The van der Waals surface area contributed by atoms with Crippen LogP contribution in [0, 0.1) is 0 Å². The summed E-state index contributed by atoms with van der Waals surface area (Å²) in [6.07, 6.45) is 4.98. The maximum absolute atomic E-state index is 12.6. The lowest BCUT2D eigenvalue weighted by molar-refractivity contribution is 0.0718. The van der Waals surface area contributed by atoms with Crippen LogP contribution < -0.4 is 5.73 Å². The number of nitrogen functional groups attached to an aromatic ring is 1. The minimum Gasteiger partial charge on any atom is -0.383 e. The van der Waals surface area contributed by atoms with E-state index < -0.39 is 0 Å². The number of hydrogen-bond acceptors (Lipinski definition) is 5. The monoisotopic (exact) mass is 298 g/mol. The van der Waals surface area contributed by atoms with Gasteiger partial charge in [0.1, 0.15) is 11.5 Å². The minimum absolute atomic E-state index is 0.00564. The Bertz CT molecular complexity index is 753. The molecule has 2 N–H and O–H groups in total. The second kappa shape index (κ2) is 5.21. The number of nitrogens with zero attached hydrogens (tertiary/aromatic N) is 3. The van der Waals surface area contributed by atoms with Crippen LogP contribution in [0.2, 0.25) is 0 Å². The van der Waals surface area contributed by atoms with E-state index >= 15 is 0 Å². The van der Waals surface area contributed by atoms with Crippen LogP contribution in [-0.2, 0) is 18.0 Å². The number of piperidine rings is 1. The highest BCUT2D eigenvalue weighted by Crippen LogP contribution is 2.31. The summed E-state index contributed by atoms with van der Waals surface area (Å²) in [6, 6.07) is 1.84. The van der Waals surface area contributed by atoms with Crippen molar-refractivity contribution in [3.05, 3.63) is 29.1 Å². The van der Waals surface area contributed by atoms with Crippen molar-refractivity contribution in [2.75, 3.05) is 18.8 Å². The molecule has 0 unspecified atom stereocenters. The predicted octanol–water partition coefficient (Wildman–Crippen LogP) is 1.87. The Kier molecular flexibility index (Phi) is 3.18. The number of aromatic nitrogens is 2. The van der Waals surface area contributed by atoms with Gasteiger partial charge in [0.05, 0.1) is 24.9 Å². The topological polar surface area (TPSA) is 81.3 Å². The van der Waals surface area contributed by atoms with Crippen molar-refractivity contribution in [3.63, 3.8) is 0 Å². The van der Waals surface area contributed by atoms with Crippen molar-refractivity contribution in [2.45, 2.75) is 32.5 Å². The number of carbonyl (C=O) groups is 1. The van der Waals surface area contributed by atoms with E-state index in [0.29, 0.717) is 24.7 Å². The van der Waals surface area contributed by atoms with Crippen LogP contribution in [0.4, 0.5) is 5.82 Å². The molecule has 1 fully saturated rings. The first-order chi connectivity index (χ1) is 10.7. The van der Waals surface area contributed by atoms with Gasteiger partial charge >= 0.3 is 0 Å². The van der Waals surface area contributed by atoms with Gasteiger partial charge in [-0.25, -0.2) is 9.97 Å². The van der Waals surface area contributed by atoms with Crippen LogP contribution in [0.15, 0.2) is 12.3 Å². The van der Waals surface area contributed by atoms with Crippen molar-refractivity contribution in [2.24, 2.45) is 0 Å². The second-order valence-corrected chi connectivity index (χ2v) is 5.89. The van der Waals surface area contributed by atoms with E-state index in [1.807, 2.05) is 11.0 Å². The molecule has 4 rings (SSSR count). The van der Waals surface area contributed by atoms with Gasteiger partial charge < -0.3 is 15.4 Å². The van der Waals surface area contributed by atoms with Gasteiger partial charge in [0.25, 0.3) is 5.91 Å². The molecule has 1 amide bonds. The lowest BCUT2D eigenvalue weighted by Crippen LogP contribution is -2.36. The molecule has 2 aliphatic heterocycles. The van der Waals surface area contributed by atoms with E-state index in [2.05, 4.69) is 9.97 Å². The summed E-state index contributed by atoms with van der Waals surface area (Å²) in [5.74, 6) is 0.503. The van der Waals surface area contributed by atoms with Gasteiger partial charge in [-0.3, -0.25) is 4.79 Å². The van der Waals surface area contributed by atoms with Crippen molar-refractivity contribution in [1.82, 2.24) is 14.9 Å². The zero-order valence-electron chi connectivity index (χ0n) is 12.3. The van der Waals surface area contributed by atoms with Gasteiger partial charge in [-0.1, -0.05) is 0 Å². The van der Waals surface area contributed by atoms with Crippen LogP contribution in [0.3, 0.4) is 0 Å². The predicted molar refractivity (Wildman–Crippen MR) is 82.2 cm³/mol. The largest absolute Gasteiger partial charge is 0.383 e. The fraction of sp³-hybridized carbons (Fsp3) is 0.438. The number of fused-ring (bicyclic) bond motifs is 3. The van der Waals surface area contributed by atoms with Crippen LogP contribution in [0.25, 0.3) is 10.9 Å². The molecule has 114 valence electrons. The fourth-order valence-corrected chi connectivity index (χ4v) is 3.25. The molecule has 0 bridgehead atoms. The highest BCUT2D eigenvalue weighted by molar-refractivity contribution is 5.97. The van der Waals surface area contributed by atoms with Gasteiger partial charge in [-0.2, -0.15) is 0 Å². The lowest BCUT2D eigenvalue weighted by atomic mass is 10.0. The normalized spacial score (nSPS) is 17.7. The number of rotatable bonds is 1. The molecule has 0 atom stereocenters. The minimum atomic E-state index is 0.00564. The third-order valence-electron chi connectivity index (χ3n) is 4.48. The fourth-order valence-electron chi connectivity index (χ4n) is 3.25. The van der Waals surface area contributed by atoms with Crippen LogP contribution >= 0.6 is 0 Å². The van der Waals surface area contributed by atoms with E-state index in [4.69, 9.17) is 10.5 Å². The third kappa shape index (κ3) is 2.11. The molecule has 0 radical (unpaired) electrons. The van der Waals surface area contributed by atoms with Crippen LogP contribution in [-0.4, -0.2) is 33.9 Å². The van der Waals surface area contributed by atoms with Gasteiger partial charge in [-0.15, -0.1) is 0 Å². The summed E-state index contributed by atoms with van der Waals surface area (Å²) in [6.45, 7) is 2.64. The Morgan fingerprint density at radius 1 is 1.18 bits per heavy atom.